The van der Waals surface area contributed by atoms with Crippen molar-refractivity contribution in [1.82, 2.24) is 25.5 Å². The molecule has 3 aromatic heterocycles. The minimum atomic E-state index is -0.225. The maximum atomic E-state index is 13.2. The number of H-pyrrole nitrogens is 2. The van der Waals surface area contributed by atoms with E-state index in [9.17, 15) is 4.79 Å². The van der Waals surface area contributed by atoms with Crippen LogP contribution in [0.25, 0.3) is 22.3 Å². The van der Waals surface area contributed by atoms with Gasteiger partial charge in [-0.2, -0.15) is 10.4 Å². The lowest BCUT2D eigenvalue weighted by atomic mass is 9.94. The molecule has 154 valence electrons. The molecule has 1 aliphatic rings. The van der Waals surface area contributed by atoms with E-state index in [1.807, 2.05) is 12.1 Å². The molecule has 1 fully saturated rings. The van der Waals surface area contributed by atoms with E-state index >= 15 is 0 Å². The van der Waals surface area contributed by atoms with Gasteiger partial charge in [-0.05, 0) is 56.3 Å². The van der Waals surface area contributed by atoms with Crippen molar-refractivity contribution in [1.29, 1.82) is 5.26 Å². The summed E-state index contributed by atoms with van der Waals surface area (Å²) in [7, 11) is 0. The van der Waals surface area contributed by atoms with E-state index in [-0.39, 0.29) is 10.8 Å². The molecule has 7 nitrogen and oxygen atoms in total. The third-order valence-electron chi connectivity index (χ3n) is 5.79. The van der Waals surface area contributed by atoms with Gasteiger partial charge in [-0.1, -0.05) is 11.6 Å². The van der Waals surface area contributed by atoms with Gasteiger partial charge in [0.15, 0.2) is 5.78 Å². The number of ketones is 1. The molecule has 0 aliphatic carbocycles. The van der Waals surface area contributed by atoms with Crippen LogP contribution in [0.5, 0.6) is 0 Å². The summed E-state index contributed by atoms with van der Waals surface area (Å²) >= 11 is 6.26. The van der Waals surface area contributed by atoms with E-state index in [0.717, 1.165) is 42.9 Å². The second-order valence-electron chi connectivity index (χ2n) is 7.69. The standard InChI is InChI=1S/C23H19ClN6O/c24-19-7-13(10-25)1-2-16(19)22(31)18-12-28-23-17(18)8-15(11-27-23)21-9-20(29-30-21)14-3-5-26-6-4-14/h1-2,7-9,11-12,14,26H,3-6H2,(H,27,28)(H,29,30). The Labute approximate surface area is 183 Å². The van der Waals surface area contributed by atoms with Gasteiger partial charge in [0, 0.05) is 46.1 Å². The Morgan fingerprint density at radius 3 is 2.77 bits per heavy atom. The average Bonchev–Trinajstić information content (AvgIpc) is 3.46. The van der Waals surface area contributed by atoms with Gasteiger partial charge in [0.25, 0.3) is 0 Å². The number of piperidine rings is 1. The van der Waals surface area contributed by atoms with Crippen LogP contribution in [0.3, 0.4) is 0 Å². The van der Waals surface area contributed by atoms with E-state index in [0.29, 0.717) is 33.6 Å². The molecule has 5 rings (SSSR count). The summed E-state index contributed by atoms with van der Waals surface area (Å²) in [6, 6.07) is 10.7. The molecule has 0 bridgehead atoms. The number of carbonyl (C=O) groups is 1. The third kappa shape index (κ3) is 3.61. The number of rotatable bonds is 4. The highest BCUT2D eigenvalue weighted by Gasteiger charge is 2.20. The zero-order valence-corrected chi connectivity index (χ0v) is 17.3. The Morgan fingerprint density at radius 1 is 1.16 bits per heavy atom. The summed E-state index contributed by atoms with van der Waals surface area (Å²) in [5, 5.41) is 21.0. The molecule has 4 heterocycles. The van der Waals surface area contributed by atoms with E-state index in [1.165, 1.54) is 6.07 Å². The third-order valence-corrected chi connectivity index (χ3v) is 6.10. The van der Waals surface area contributed by atoms with Gasteiger partial charge in [-0.3, -0.25) is 9.89 Å². The lowest BCUT2D eigenvalue weighted by Gasteiger charge is -2.20. The number of benzene rings is 1. The number of halogens is 1. The smallest absolute Gasteiger partial charge is 0.196 e. The summed E-state index contributed by atoms with van der Waals surface area (Å²) in [6.45, 7) is 2.03. The number of aromatic amines is 2. The van der Waals surface area contributed by atoms with Crippen LogP contribution in [0.4, 0.5) is 0 Å². The Kier molecular flexibility index (Phi) is 5.02. The van der Waals surface area contributed by atoms with Crippen molar-refractivity contribution in [2.75, 3.05) is 13.1 Å². The van der Waals surface area contributed by atoms with Crippen molar-refractivity contribution in [3.8, 4) is 17.3 Å². The largest absolute Gasteiger partial charge is 0.345 e. The fourth-order valence-corrected chi connectivity index (χ4v) is 4.34. The molecular formula is C23H19ClN6O. The summed E-state index contributed by atoms with van der Waals surface area (Å²) < 4.78 is 0. The van der Waals surface area contributed by atoms with Gasteiger partial charge in [0.1, 0.15) is 5.65 Å². The highest BCUT2D eigenvalue weighted by Crippen LogP contribution is 2.30. The minimum Gasteiger partial charge on any atom is -0.345 e. The lowest BCUT2D eigenvalue weighted by Crippen LogP contribution is -2.26. The Balaban J connectivity index is 1.50. The summed E-state index contributed by atoms with van der Waals surface area (Å²) in [6.07, 6.45) is 5.56. The molecule has 0 atom stereocenters. The van der Waals surface area contributed by atoms with Crippen molar-refractivity contribution in [2.24, 2.45) is 0 Å². The van der Waals surface area contributed by atoms with Crippen molar-refractivity contribution in [3.63, 3.8) is 0 Å². The van der Waals surface area contributed by atoms with Crippen LogP contribution < -0.4 is 5.32 Å². The molecule has 1 aliphatic heterocycles. The maximum Gasteiger partial charge on any atom is 0.196 e. The monoisotopic (exact) mass is 430 g/mol. The molecule has 0 unspecified atom stereocenters. The van der Waals surface area contributed by atoms with Crippen molar-refractivity contribution in [3.05, 3.63) is 70.1 Å². The molecule has 0 amide bonds. The lowest BCUT2D eigenvalue weighted by molar-refractivity contribution is 0.104. The molecule has 31 heavy (non-hydrogen) atoms. The fourth-order valence-electron chi connectivity index (χ4n) is 4.07. The van der Waals surface area contributed by atoms with Gasteiger partial charge >= 0.3 is 0 Å². The Hall–Kier alpha value is -3.47. The van der Waals surface area contributed by atoms with E-state index < -0.39 is 0 Å². The molecule has 0 saturated carbocycles. The number of nitrogens with one attached hydrogen (secondary N) is 3. The molecular weight excluding hydrogens is 412 g/mol. The number of hydrogen-bond donors (Lipinski definition) is 3. The number of carbonyl (C=O) groups excluding carboxylic acids is 1. The molecule has 0 spiro atoms. The summed E-state index contributed by atoms with van der Waals surface area (Å²) in [5.41, 5.74) is 4.62. The maximum absolute atomic E-state index is 13.2. The predicted octanol–water partition coefficient (Wildman–Crippen LogP) is 4.18. The summed E-state index contributed by atoms with van der Waals surface area (Å²) in [4.78, 5) is 20.7. The first-order valence-corrected chi connectivity index (χ1v) is 10.5. The number of hydrogen-bond acceptors (Lipinski definition) is 5. The summed E-state index contributed by atoms with van der Waals surface area (Å²) in [5.74, 6) is 0.249. The van der Waals surface area contributed by atoms with Crippen LogP contribution in [-0.4, -0.2) is 39.0 Å². The molecule has 4 aromatic rings. The van der Waals surface area contributed by atoms with Gasteiger partial charge < -0.3 is 10.3 Å². The first-order chi connectivity index (χ1) is 15.1. The van der Waals surface area contributed by atoms with Crippen LogP contribution in [0.15, 0.2) is 42.7 Å². The number of aromatic nitrogens is 4. The molecule has 1 saturated heterocycles. The molecule has 0 radical (unpaired) electrons. The first-order valence-electron chi connectivity index (χ1n) is 10.1. The normalized spacial score (nSPS) is 14.6. The second-order valence-corrected chi connectivity index (χ2v) is 8.10. The van der Waals surface area contributed by atoms with Crippen LogP contribution in [0.2, 0.25) is 5.02 Å². The van der Waals surface area contributed by atoms with Crippen LogP contribution in [-0.2, 0) is 0 Å². The van der Waals surface area contributed by atoms with Crippen molar-refractivity contribution >= 4 is 28.4 Å². The van der Waals surface area contributed by atoms with Crippen molar-refractivity contribution in [2.45, 2.75) is 18.8 Å². The average molecular weight is 431 g/mol. The quantitative estimate of drug-likeness (QED) is 0.421. The number of pyridine rings is 1. The predicted molar refractivity (Wildman–Crippen MR) is 118 cm³/mol. The fraction of sp³-hybridized carbons (Fsp3) is 0.217. The van der Waals surface area contributed by atoms with Crippen molar-refractivity contribution < 1.29 is 4.79 Å². The van der Waals surface area contributed by atoms with E-state index in [4.69, 9.17) is 16.9 Å². The SMILES string of the molecule is N#Cc1ccc(C(=O)c2c[nH]c3ncc(-c4cc(C5CCNCC5)[nH]n4)cc23)c(Cl)c1. The van der Waals surface area contributed by atoms with Crippen LogP contribution in [0, 0.1) is 11.3 Å². The zero-order valence-electron chi connectivity index (χ0n) is 16.6. The molecule has 3 N–H and O–H groups in total. The number of fused-ring (bicyclic) bond motifs is 1. The zero-order chi connectivity index (χ0) is 21.4. The highest BCUT2D eigenvalue weighted by atomic mass is 35.5. The van der Waals surface area contributed by atoms with E-state index in [2.05, 4.69) is 31.5 Å². The van der Waals surface area contributed by atoms with Crippen LogP contribution >= 0.6 is 11.6 Å². The Morgan fingerprint density at radius 2 is 2.00 bits per heavy atom. The number of nitrogens with zero attached hydrogens (tertiary/aromatic N) is 3. The van der Waals surface area contributed by atoms with Gasteiger partial charge in [0.2, 0.25) is 0 Å². The molecule has 1 aromatic carbocycles. The van der Waals surface area contributed by atoms with E-state index in [1.54, 1.807) is 24.5 Å². The molecule has 8 heteroatoms. The first kappa shape index (κ1) is 19.5. The Bertz CT molecular complexity index is 1330. The van der Waals surface area contributed by atoms with Gasteiger partial charge in [0.05, 0.1) is 22.3 Å². The highest BCUT2D eigenvalue weighted by molar-refractivity contribution is 6.35. The minimum absolute atomic E-state index is 0.225. The van der Waals surface area contributed by atoms with Gasteiger partial charge in [-0.15, -0.1) is 0 Å². The second kappa shape index (κ2) is 7.99. The number of nitriles is 1. The van der Waals surface area contributed by atoms with Crippen LogP contribution in [0.1, 0.15) is 45.9 Å². The van der Waals surface area contributed by atoms with Gasteiger partial charge in [-0.25, -0.2) is 4.98 Å². The topological polar surface area (TPSA) is 110 Å².